The first-order valence-corrected chi connectivity index (χ1v) is 24.7. The molecule has 0 aliphatic carbocycles. The van der Waals surface area contributed by atoms with Gasteiger partial charge in [-0.1, -0.05) is 103 Å². The predicted molar refractivity (Wildman–Crippen MR) is 260 cm³/mol. The molecule has 10 rings (SSSR count). The van der Waals surface area contributed by atoms with E-state index in [0.717, 1.165) is 6.16 Å². The summed E-state index contributed by atoms with van der Waals surface area (Å²) in [5.74, 6) is -71.4. The molecule has 10 aromatic carbocycles. The van der Waals surface area contributed by atoms with Crippen molar-refractivity contribution >= 4 is 72.7 Å². The van der Waals surface area contributed by atoms with E-state index in [1.807, 2.05) is 0 Å². The van der Waals surface area contributed by atoms with Crippen molar-refractivity contribution in [3.05, 3.63) is 268 Å². The summed E-state index contributed by atoms with van der Waals surface area (Å²) in [5.41, 5.74) is -12.9. The first kappa shape index (κ1) is 55.6. The van der Waals surface area contributed by atoms with Gasteiger partial charge in [0.05, 0.1) is 6.16 Å². The van der Waals surface area contributed by atoms with Crippen LogP contribution in [0, 0.1) is 116 Å². The number of benzene rings is 10. The zero-order chi connectivity index (χ0) is 57.2. The number of hydrogen-bond acceptors (Lipinski definition) is 0. The maximum Gasteiger partial charge on any atom is 0.200 e. The second kappa shape index (κ2) is 21.2. The molecule has 0 spiro atoms. The molecule has 0 fully saturated rings. The molecule has 0 nitrogen and oxygen atoms in total. The fourth-order valence-electron chi connectivity index (χ4n) is 10.2. The third-order valence-electron chi connectivity index (χ3n) is 13.6. The molecule has 0 bridgehead atoms. The Bertz CT molecular complexity index is 3520. The Morgan fingerprint density at radius 1 is 0.241 bits per heavy atom. The maximum atomic E-state index is 15.4. The zero-order valence-corrected chi connectivity index (χ0v) is 40.0. The molecule has 0 heterocycles. The van der Waals surface area contributed by atoms with Crippen molar-refractivity contribution in [2.24, 2.45) is 0 Å². The molecular formula is C57H26BF20P. The fraction of sp³-hybridized carbons (Fsp3) is 0.0175. The quantitative estimate of drug-likeness (QED) is 0.0337. The number of hydrogen-bond donors (Lipinski definition) is 0. The highest BCUT2D eigenvalue weighted by atomic mass is 31.2. The van der Waals surface area contributed by atoms with Gasteiger partial charge in [0.15, 0.2) is 69.8 Å². The van der Waals surface area contributed by atoms with E-state index in [2.05, 4.69) is 146 Å². The van der Waals surface area contributed by atoms with Crippen LogP contribution in [0.4, 0.5) is 87.8 Å². The highest BCUT2D eigenvalue weighted by Crippen LogP contribution is 2.59. The van der Waals surface area contributed by atoms with Crippen LogP contribution in [-0.4, -0.2) is 6.15 Å². The Morgan fingerprint density at radius 2 is 0.443 bits per heavy atom. The van der Waals surface area contributed by atoms with Gasteiger partial charge in [0.2, 0.25) is 0 Å². The summed E-state index contributed by atoms with van der Waals surface area (Å²) < 4.78 is 294. The number of rotatable bonds is 9. The average molecular weight is 1130 g/mol. The lowest BCUT2D eigenvalue weighted by molar-refractivity contribution is 0.378. The topological polar surface area (TPSA) is 0 Å². The molecule has 22 heteroatoms. The van der Waals surface area contributed by atoms with Gasteiger partial charge >= 0.3 is 0 Å². The molecule has 402 valence electrons. The zero-order valence-electron chi connectivity index (χ0n) is 39.1. The summed E-state index contributed by atoms with van der Waals surface area (Å²) in [6, 6.07) is 53.6. The molecule has 0 unspecified atom stereocenters. The molecule has 0 atom stereocenters. The van der Waals surface area contributed by atoms with Gasteiger partial charge in [0.1, 0.15) is 75.9 Å². The van der Waals surface area contributed by atoms with E-state index in [0.29, 0.717) is 0 Å². The van der Waals surface area contributed by atoms with Crippen molar-refractivity contribution in [2.45, 2.75) is 6.16 Å². The minimum Gasteiger partial charge on any atom is -0.207 e. The van der Waals surface area contributed by atoms with Gasteiger partial charge in [-0.15, -0.1) is 21.9 Å². The highest BCUT2D eigenvalue weighted by Gasteiger charge is 2.53. The SMILES string of the molecule is Fc1c(F)c(F)c([B-](c2c(F)c(F)c(F)c(F)c2F)(c2c(F)c(F)c(F)c(F)c2F)c2c(F)c(F)c(F)c(F)c2F)c(F)c1F.c1ccc([P+](Cc2c3ccccc3cc3ccccc23)(c2ccccc2)c2ccccc2)cc1. The normalized spacial score (nSPS) is 11.8. The summed E-state index contributed by atoms with van der Waals surface area (Å²) in [6.45, 7) is 0. The summed E-state index contributed by atoms with van der Waals surface area (Å²) in [6.07, 6.45) is -6.24. The van der Waals surface area contributed by atoms with E-state index >= 15 is 35.1 Å². The summed E-state index contributed by atoms with van der Waals surface area (Å²) in [4.78, 5) is 0. The molecular weight excluding hydrogens is 1110 g/mol. The van der Waals surface area contributed by atoms with Crippen LogP contribution in [0.3, 0.4) is 0 Å². The molecule has 0 N–H and O–H groups in total. The van der Waals surface area contributed by atoms with Gasteiger partial charge in [0, 0.05) is 5.56 Å². The Balaban J connectivity index is 0.000000198. The third-order valence-corrected chi connectivity index (χ3v) is 17.9. The second-order valence-corrected chi connectivity index (χ2v) is 21.1. The summed E-state index contributed by atoms with van der Waals surface area (Å²) >= 11 is 0. The van der Waals surface area contributed by atoms with E-state index in [1.54, 1.807) is 0 Å². The maximum absolute atomic E-state index is 15.4. The van der Waals surface area contributed by atoms with Crippen molar-refractivity contribution in [3.8, 4) is 0 Å². The van der Waals surface area contributed by atoms with Gasteiger partial charge in [-0.3, -0.25) is 0 Å². The average Bonchev–Trinajstić information content (AvgIpc) is 3.64. The smallest absolute Gasteiger partial charge is 0.200 e. The van der Waals surface area contributed by atoms with Crippen molar-refractivity contribution in [1.29, 1.82) is 0 Å². The van der Waals surface area contributed by atoms with E-state index in [1.165, 1.54) is 43.0 Å². The van der Waals surface area contributed by atoms with Crippen LogP contribution in [0.1, 0.15) is 5.56 Å². The first-order valence-electron chi connectivity index (χ1n) is 22.7. The van der Waals surface area contributed by atoms with Crippen molar-refractivity contribution < 1.29 is 87.8 Å². The van der Waals surface area contributed by atoms with Gasteiger partial charge in [-0.25, -0.2) is 87.8 Å². The summed E-state index contributed by atoms with van der Waals surface area (Å²) in [7, 11) is -1.98. The van der Waals surface area contributed by atoms with Crippen LogP contribution in [0.25, 0.3) is 21.5 Å². The minimum absolute atomic E-state index is 0.979. The van der Waals surface area contributed by atoms with E-state index in [4.69, 9.17) is 0 Å². The second-order valence-electron chi connectivity index (χ2n) is 17.6. The lowest BCUT2D eigenvalue weighted by atomic mass is 9.12. The van der Waals surface area contributed by atoms with Crippen LogP contribution in [0.5, 0.6) is 0 Å². The van der Waals surface area contributed by atoms with Crippen LogP contribution < -0.4 is 37.8 Å². The van der Waals surface area contributed by atoms with Crippen LogP contribution >= 0.6 is 7.26 Å². The molecule has 0 saturated carbocycles. The Hall–Kier alpha value is -8.19. The van der Waals surface area contributed by atoms with Gasteiger partial charge in [0.25, 0.3) is 0 Å². The standard InChI is InChI=1S/C33H26P.C24BF20/c1-4-16-28(17-5-1)34(29-18-6-2-7-19-29,30-20-8-3-9-21-30)25-33-31-22-12-10-14-26(31)24-27-15-11-13-23-32(27)33;26-5-1(6(27)14(35)21(42)13(5)34)25(2-7(28)15(36)22(43)16(37)8(2)29,3-9(30)17(38)23(44)18(39)10(3)31)4-11(32)19(40)24(45)20(41)12(4)33/h1-24H,25H2;/q+1;-1. The van der Waals surface area contributed by atoms with Crippen LogP contribution in [0.15, 0.2) is 146 Å². The van der Waals surface area contributed by atoms with Crippen molar-refractivity contribution in [3.63, 3.8) is 0 Å². The molecule has 10 aromatic rings. The molecule has 0 amide bonds. The highest BCUT2D eigenvalue weighted by molar-refractivity contribution is 7.95. The Morgan fingerprint density at radius 3 is 0.684 bits per heavy atom. The number of fused-ring (bicyclic) bond motifs is 2. The third kappa shape index (κ3) is 8.64. The molecule has 0 aliphatic rings. The van der Waals surface area contributed by atoms with Gasteiger partial charge in [-0.2, -0.15) is 0 Å². The van der Waals surface area contributed by atoms with Crippen molar-refractivity contribution in [2.75, 3.05) is 0 Å². The molecule has 0 saturated heterocycles. The van der Waals surface area contributed by atoms with Crippen LogP contribution in [-0.2, 0) is 6.16 Å². The Kier molecular flexibility index (Phi) is 14.9. The predicted octanol–water partition coefficient (Wildman–Crippen LogP) is 13.3. The Labute approximate surface area is 433 Å². The van der Waals surface area contributed by atoms with Crippen LogP contribution in [0.2, 0.25) is 0 Å². The van der Waals surface area contributed by atoms with E-state index in [-0.39, 0.29) is 0 Å². The molecule has 0 aliphatic heterocycles. The molecule has 0 radical (unpaired) electrons. The monoisotopic (exact) mass is 1130 g/mol. The van der Waals surface area contributed by atoms with Gasteiger partial charge < -0.3 is 0 Å². The van der Waals surface area contributed by atoms with E-state index in [9.17, 15) is 52.7 Å². The summed E-state index contributed by atoms with van der Waals surface area (Å²) in [5, 5.41) is 9.59. The lowest BCUT2D eigenvalue weighted by Gasteiger charge is -2.44. The first-order chi connectivity index (χ1) is 37.6. The molecule has 0 aromatic heterocycles. The fourth-order valence-corrected chi connectivity index (χ4v) is 14.5. The van der Waals surface area contributed by atoms with Gasteiger partial charge in [-0.05, 0) is 64.0 Å². The molecule has 79 heavy (non-hydrogen) atoms. The lowest BCUT2D eigenvalue weighted by Crippen LogP contribution is -2.81. The number of halogens is 20. The van der Waals surface area contributed by atoms with E-state index < -0.39 is 152 Å². The minimum atomic E-state index is -7.22. The van der Waals surface area contributed by atoms with Crippen molar-refractivity contribution in [1.82, 2.24) is 0 Å². The largest absolute Gasteiger partial charge is 0.207 e.